The normalized spacial score (nSPS) is 19.0. The average molecular weight is 393 g/mol. The third-order valence-corrected chi connectivity index (χ3v) is 6.12. The van der Waals surface area contributed by atoms with Crippen LogP contribution in [0.15, 0.2) is 48.7 Å². The van der Waals surface area contributed by atoms with Gasteiger partial charge >= 0.3 is 0 Å². The summed E-state index contributed by atoms with van der Waals surface area (Å²) in [5, 5.41) is 3.60. The zero-order chi connectivity index (χ0) is 19.9. The minimum atomic E-state index is 0.0466. The average Bonchev–Trinajstić information content (AvgIpc) is 3.04. The van der Waals surface area contributed by atoms with Crippen LogP contribution in [0.5, 0.6) is 0 Å². The fourth-order valence-electron chi connectivity index (χ4n) is 4.38. The molecule has 0 unspecified atom stereocenters. The molecule has 0 atom stereocenters. The minimum Gasteiger partial charge on any atom is -0.381 e. The van der Waals surface area contributed by atoms with Crippen LogP contribution in [0.3, 0.4) is 0 Å². The van der Waals surface area contributed by atoms with Crippen molar-refractivity contribution in [1.29, 1.82) is 0 Å². The van der Waals surface area contributed by atoms with Gasteiger partial charge in [-0.25, -0.2) is 4.98 Å². The van der Waals surface area contributed by atoms with Gasteiger partial charge in [-0.15, -0.1) is 0 Å². The van der Waals surface area contributed by atoms with E-state index in [-0.39, 0.29) is 5.91 Å². The molecule has 1 aliphatic heterocycles. The first-order valence-corrected chi connectivity index (χ1v) is 11.1. The lowest BCUT2D eigenvalue weighted by Gasteiger charge is -2.34. The number of pyridine rings is 1. The van der Waals surface area contributed by atoms with Crippen molar-refractivity contribution in [1.82, 2.24) is 14.8 Å². The number of piperazine rings is 1. The molecule has 2 aromatic rings. The second-order valence-corrected chi connectivity index (χ2v) is 8.32. The van der Waals surface area contributed by atoms with Crippen LogP contribution in [0, 0.1) is 0 Å². The number of benzene rings is 1. The second-order valence-electron chi connectivity index (χ2n) is 8.32. The van der Waals surface area contributed by atoms with Gasteiger partial charge in [0, 0.05) is 38.8 Å². The number of nitrogens with zero attached hydrogens (tertiary/aromatic N) is 3. The van der Waals surface area contributed by atoms with Gasteiger partial charge in [0.2, 0.25) is 0 Å². The molecule has 5 nitrogen and oxygen atoms in total. The zero-order valence-electron chi connectivity index (χ0n) is 17.2. The highest BCUT2D eigenvalue weighted by molar-refractivity contribution is 5.92. The van der Waals surface area contributed by atoms with Gasteiger partial charge in [0.25, 0.3) is 5.91 Å². The molecule has 0 bridgehead atoms. The standard InChI is InChI=1S/C24H32N4O/c29-24(28-16-14-27(15-17-28)19-20-8-4-3-5-9-20)23-13-12-22(18-25-23)26-21-10-6-1-2-7-11-21/h3-5,8-9,12-13,18,21,26H,1-2,6-7,10-11,14-17,19H2. The summed E-state index contributed by atoms with van der Waals surface area (Å²) in [5.74, 6) is 0.0466. The summed E-state index contributed by atoms with van der Waals surface area (Å²) in [4.78, 5) is 21.6. The van der Waals surface area contributed by atoms with Crippen LogP contribution >= 0.6 is 0 Å². The first-order valence-electron chi connectivity index (χ1n) is 11.1. The van der Waals surface area contributed by atoms with Crippen LogP contribution in [-0.2, 0) is 6.54 Å². The van der Waals surface area contributed by atoms with E-state index in [0.29, 0.717) is 11.7 Å². The van der Waals surface area contributed by atoms with Crippen LogP contribution in [0.1, 0.15) is 54.6 Å². The van der Waals surface area contributed by atoms with Crippen molar-refractivity contribution in [2.24, 2.45) is 0 Å². The Morgan fingerprint density at radius 1 is 0.931 bits per heavy atom. The molecule has 1 N–H and O–H groups in total. The fourth-order valence-corrected chi connectivity index (χ4v) is 4.38. The monoisotopic (exact) mass is 392 g/mol. The van der Waals surface area contributed by atoms with E-state index in [9.17, 15) is 4.79 Å². The molecule has 5 heteroatoms. The van der Waals surface area contributed by atoms with Gasteiger partial charge in [0.1, 0.15) is 5.69 Å². The van der Waals surface area contributed by atoms with Gasteiger partial charge < -0.3 is 10.2 Å². The lowest BCUT2D eigenvalue weighted by molar-refractivity contribution is 0.0623. The van der Waals surface area contributed by atoms with Gasteiger partial charge in [0.05, 0.1) is 11.9 Å². The molecule has 1 saturated carbocycles. The molecule has 2 heterocycles. The fraction of sp³-hybridized carbons (Fsp3) is 0.500. The van der Waals surface area contributed by atoms with E-state index in [1.165, 1.54) is 44.1 Å². The Kier molecular flexibility index (Phi) is 6.78. The molecule has 1 aromatic heterocycles. The molecule has 2 fully saturated rings. The first kappa shape index (κ1) is 19.9. The Balaban J connectivity index is 1.27. The molecule has 0 radical (unpaired) electrons. The van der Waals surface area contributed by atoms with E-state index in [1.807, 2.05) is 29.3 Å². The molecule has 1 saturated heterocycles. The number of hydrogen-bond donors (Lipinski definition) is 1. The minimum absolute atomic E-state index is 0.0466. The molecule has 2 aliphatic rings. The second kappa shape index (κ2) is 9.88. The van der Waals surface area contributed by atoms with Gasteiger partial charge in [-0.2, -0.15) is 0 Å². The van der Waals surface area contributed by atoms with Crippen LogP contribution in [0.2, 0.25) is 0 Å². The molecule has 1 amide bonds. The third-order valence-electron chi connectivity index (χ3n) is 6.12. The van der Waals surface area contributed by atoms with Crippen molar-refractivity contribution in [2.45, 2.75) is 51.1 Å². The maximum absolute atomic E-state index is 12.8. The number of hydrogen-bond acceptors (Lipinski definition) is 4. The lowest BCUT2D eigenvalue weighted by Crippen LogP contribution is -2.48. The molecule has 4 rings (SSSR count). The quantitative estimate of drug-likeness (QED) is 0.776. The molecule has 1 aliphatic carbocycles. The van der Waals surface area contributed by atoms with Gasteiger partial charge in [-0.1, -0.05) is 56.0 Å². The van der Waals surface area contributed by atoms with Crippen LogP contribution in [-0.4, -0.2) is 52.9 Å². The lowest BCUT2D eigenvalue weighted by atomic mass is 10.1. The van der Waals surface area contributed by atoms with E-state index in [4.69, 9.17) is 0 Å². The van der Waals surface area contributed by atoms with Gasteiger partial charge in [0.15, 0.2) is 0 Å². The highest BCUT2D eigenvalue weighted by Crippen LogP contribution is 2.21. The third kappa shape index (κ3) is 5.57. The summed E-state index contributed by atoms with van der Waals surface area (Å²) in [6.07, 6.45) is 9.59. The smallest absolute Gasteiger partial charge is 0.272 e. The van der Waals surface area contributed by atoms with E-state index >= 15 is 0 Å². The molecular formula is C24H32N4O. The number of carbonyl (C=O) groups is 1. The Morgan fingerprint density at radius 2 is 1.66 bits per heavy atom. The number of anilines is 1. The molecule has 1 aromatic carbocycles. The van der Waals surface area contributed by atoms with Crippen LogP contribution in [0.4, 0.5) is 5.69 Å². The number of rotatable bonds is 5. The topological polar surface area (TPSA) is 48.5 Å². The molecule has 29 heavy (non-hydrogen) atoms. The maximum atomic E-state index is 12.8. The van der Waals surface area contributed by atoms with Crippen molar-refractivity contribution in [3.8, 4) is 0 Å². The predicted molar refractivity (Wildman–Crippen MR) is 117 cm³/mol. The summed E-state index contributed by atoms with van der Waals surface area (Å²) in [5.41, 5.74) is 2.90. The summed E-state index contributed by atoms with van der Waals surface area (Å²) >= 11 is 0. The summed E-state index contributed by atoms with van der Waals surface area (Å²) < 4.78 is 0. The van der Waals surface area contributed by atoms with Crippen LogP contribution in [0.25, 0.3) is 0 Å². The first-order chi connectivity index (χ1) is 14.3. The molecule has 0 spiro atoms. The van der Waals surface area contributed by atoms with Crippen molar-refractivity contribution < 1.29 is 4.79 Å². The number of aromatic nitrogens is 1. The van der Waals surface area contributed by atoms with Crippen LogP contribution < -0.4 is 5.32 Å². The summed E-state index contributed by atoms with van der Waals surface area (Å²) in [7, 11) is 0. The predicted octanol–water partition coefficient (Wildman–Crippen LogP) is 4.17. The Hall–Kier alpha value is -2.40. The van der Waals surface area contributed by atoms with E-state index in [0.717, 1.165) is 38.4 Å². The SMILES string of the molecule is O=C(c1ccc(NC2CCCCCC2)cn1)N1CCN(Cc2ccccc2)CC1. The van der Waals surface area contributed by atoms with Crippen molar-refractivity contribution in [2.75, 3.05) is 31.5 Å². The maximum Gasteiger partial charge on any atom is 0.272 e. The summed E-state index contributed by atoms with van der Waals surface area (Å²) in [6, 6.07) is 14.9. The summed E-state index contributed by atoms with van der Waals surface area (Å²) in [6.45, 7) is 4.28. The molecular weight excluding hydrogens is 360 g/mol. The Labute approximate surface area is 174 Å². The molecule has 154 valence electrons. The van der Waals surface area contributed by atoms with Crippen molar-refractivity contribution in [3.63, 3.8) is 0 Å². The Bertz CT molecular complexity index is 761. The van der Waals surface area contributed by atoms with Gasteiger partial charge in [-0.3, -0.25) is 9.69 Å². The van der Waals surface area contributed by atoms with E-state index in [1.54, 1.807) is 0 Å². The highest BCUT2D eigenvalue weighted by atomic mass is 16.2. The number of nitrogens with one attached hydrogen (secondary N) is 1. The number of carbonyl (C=O) groups excluding carboxylic acids is 1. The number of amides is 1. The van der Waals surface area contributed by atoms with E-state index in [2.05, 4.69) is 39.5 Å². The largest absolute Gasteiger partial charge is 0.381 e. The van der Waals surface area contributed by atoms with Gasteiger partial charge in [-0.05, 0) is 30.5 Å². The highest BCUT2D eigenvalue weighted by Gasteiger charge is 2.23. The zero-order valence-corrected chi connectivity index (χ0v) is 17.2. The Morgan fingerprint density at radius 3 is 2.31 bits per heavy atom. The van der Waals surface area contributed by atoms with Crippen molar-refractivity contribution in [3.05, 3.63) is 59.9 Å². The van der Waals surface area contributed by atoms with E-state index < -0.39 is 0 Å². The van der Waals surface area contributed by atoms with Crippen molar-refractivity contribution >= 4 is 11.6 Å².